The number of nitrogens with one attached hydrogen (secondary N) is 2. The molecule has 37 heavy (non-hydrogen) atoms. The number of hydrogen-bond acceptors (Lipinski definition) is 8. The zero-order valence-corrected chi connectivity index (χ0v) is 24.1. The van der Waals surface area contributed by atoms with Crippen molar-refractivity contribution in [3.63, 3.8) is 0 Å². The van der Waals surface area contributed by atoms with Crippen molar-refractivity contribution in [3.8, 4) is 28.7 Å². The summed E-state index contributed by atoms with van der Waals surface area (Å²) in [6, 6.07) is 8.29. The van der Waals surface area contributed by atoms with Gasteiger partial charge in [-0.2, -0.15) is 0 Å². The van der Waals surface area contributed by atoms with Crippen LogP contribution < -0.4 is 34.1 Å². The second-order valence-electron chi connectivity index (χ2n) is 7.20. The molecular formula is C26H43N2O8P. The van der Waals surface area contributed by atoms with E-state index in [1.807, 2.05) is 0 Å². The Morgan fingerprint density at radius 2 is 1.11 bits per heavy atom. The second-order valence-corrected chi connectivity index (χ2v) is 8.36. The maximum Gasteiger partial charge on any atom is 0.524 e. The first-order valence-corrected chi connectivity index (χ1v) is 13.5. The Balaban J connectivity index is 0.00000110. The predicted molar refractivity (Wildman–Crippen MR) is 149 cm³/mol. The van der Waals surface area contributed by atoms with Crippen molar-refractivity contribution in [1.29, 1.82) is 0 Å². The van der Waals surface area contributed by atoms with Gasteiger partial charge in [0.15, 0.2) is 23.0 Å². The first-order chi connectivity index (χ1) is 17.6. The Labute approximate surface area is 221 Å². The Morgan fingerprint density at radius 1 is 0.676 bits per heavy atom. The first-order valence-electron chi connectivity index (χ1n) is 12.0. The Bertz CT molecular complexity index is 944. The van der Waals surface area contributed by atoms with E-state index in [2.05, 4.69) is 42.9 Å². The molecule has 0 heterocycles. The molecule has 0 aliphatic carbocycles. The summed E-state index contributed by atoms with van der Waals surface area (Å²) in [4.78, 5) is 18.1. The summed E-state index contributed by atoms with van der Waals surface area (Å²) in [5, 5.41) is 6.22. The molecule has 0 bridgehead atoms. The largest absolute Gasteiger partial charge is 0.524 e. The molecule has 2 aromatic rings. The van der Waals surface area contributed by atoms with Crippen LogP contribution in [0.5, 0.6) is 28.7 Å². The Kier molecular flexibility index (Phi) is 17.9. The van der Waals surface area contributed by atoms with Crippen molar-refractivity contribution in [1.82, 2.24) is 10.6 Å². The zero-order chi connectivity index (χ0) is 28.3. The van der Waals surface area contributed by atoms with Gasteiger partial charge in [0, 0.05) is 0 Å². The third-order valence-corrected chi connectivity index (χ3v) is 4.99. The number of benzene rings is 2. The molecule has 0 aliphatic rings. The monoisotopic (exact) mass is 542 g/mol. The summed E-state index contributed by atoms with van der Waals surface area (Å²) < 4.78 is 36.8. The van der Waals surface area contributed by atoms with Gasteiger partial charge in [-0.1, -0.05) is 45.9 Å². The third kappa shape index (κ3) is 13.9. The van der Waals surface area contributed by atoms with Crippen LogP contribution in [0.25, 0.3) is 12.2 Å². The fraction of sp³-hybridized carbons (Fsp3) is 0.462. The molecule has 11 heteroatoms. The minimum Gasteiger partial charge on any atom is -0.493 e. The van der Waals surface area contributed by atoms with Crippen LogP contribution >= 0.6 is 7.82 Å². The van der Waals surface area contributed by atoms with Crippen molar-refractivity contribution in [3.05, 3.63) is 41.5 Å². The van der Waals surface area contributed by atoms with E-state index >= 15 is 0 Å². The van der Waals surface area contributed by atoms with Crippen LogP contribution in [0.1, 0.15) is 38.8 Å². The highest BCUT2D eigenvalue weighted by Crippen LogP contribution is 2.42. The average molecular weight is 543 g/mol. The van der Waals surface area contributed by atoms with Gasteiger partial charge in [-0.05, 0) is 61.6 Å². The SMILES string of the molecule is CCNCC.CCNCC.COc1ccc(/C=C\c2cc(OC)c(OC)c(OC)c2)cc1OP(=O)(O)O. The molecule has 10 nitrogen and oxygen atoms in total. The van der Waals surface area contributed by atoms with Crippen molar-refractivity contribution >= 4 is 20.0 Å². The molecule has 4 N–H and O–H groups in total. The van der Waals surface area contributed by atoms with E-state index in [0.29, 0.717) is 22.8 Å². The van der Waals surface area contributed by atoms with Crippen LogP contribution in [0, 0.1) is 0 Å². The number of methoxy groups -OCH3 is 4. The first kappa shape index (κ1) is 34.2. The standard InChI is InChI=1S/C18H21O8P.2C4H11N/c1-22-14-8-7-12(9-15(14)26-27(19,20)21)5-6-13-10-16(23-2)18(25-4)17(11-13)24-3;2*1-3-5-4-2/h5-11H,1-4H3,(H2,19,20,21);2*5H,3-4H2,1-2H3/b6-5-;;. The molecule has 0 spiro atoms. The van der Waals surface area contributed by atoms with E-state index in [9.17, 15) is 4.57 Å². The zero-order valence-electron chi connectivity index (χ0n) is 23.2. The lowest BCUT2D eigenvalue weighted by atomic mass is 10.1. The number of phosphoric ester groups is 1. The highest BCUT2D eigenvalue weighted by Gasteiger charge is 2.19. The molecule has 0 fully saturated rings. The lowest BCUT2D eigenvalue weighted by molar-refractivity contribution is 0.276. The fourth-order valence-corrected chi connectivity index (χ4v) is 3.29. The van der Waals surface area contributed by atoms with Gasteiger partial charge in [0.05, 0.1) is 28.4 Å². The predicted octanol–water partition coefficient (Wildman–Crippen LogP) is 4.59. The van der Waals surface area contributed by atoms with E-state index in [1.54, 1.807) is 36.4 Å². The number of hydrogen-bond donors (Lipinski definition) is 4. The molecule has 2 rings (SSSR count). The van der Waals surface area contributed by atoms with Crippen LogP contribution in [0.3, 0.4) is 0 Å². The average Bonchev–Trinajstić information content (AvgIpc) is 2.87. The highest BCUT2D eigenvalue weighted by molar-refractivity contribution is 7.46. The maximum atomic E-state index is 11.1. The summed E-state index contributed by atoms with van der Waals surface area (Å²) in [7, 11) is 1.26. The van der Waals surface area contributed by atoms with Crippen LogP contribution in [-0.2, 0) is 4.57 Å². The van der Waals surface area contributed by atoms with Crippen LogP contribution in [-0.4, -0.2) is 64.4 Å². The summed E-state index contributed by atoms with van der Waals surface area (Å²) in [6.45, 7) is 12.8. The Hall–Kier alpha value is -2.75. The van der Waals surface area contributed by atoms with Gasteiger partial charge in [-0.3, -0.25) is 9.79 Å². The summed E-state index contributed by atoms with van der Waals surface area (Å²) >= 11 is 0. The molecule has 0 saturated carbocycles. The lowest BCUT2D eigenvalue weighted by Gasteiger charge is -2.13. The molecule has 210 valence electrons. The van der Waals surface area contributed by atoms with Crippen LogP contribution in [0.4, 0.5) is 0 Å². The van der Waals surface area contributed by atoms with Crippen molar-refractivity contribution in [2.24, 2.45) is 0 Å². The number of phosphoric acid groups is 1. The lowest BCUT2D eigenvalue weighted by Crippen LogP contribution is -2.09. The quantitative estimate of drug-likeness (QED) is 0.223. The van der Waals surface area contributed by atoms with Crippen molar-refractivity contribution in [2.45, 2.75) is 27.7 Å². The van der Waals surface area contributed by atoms with E-state index < -0.39 is 7.82 Å². The molecule has 0 amide bonds. The van der Waals surface area contributed by atoms with E-state index in [-0.39, 0.29) is 11.5 Å². The van der Waals surface area contributed by atoms with E-state index in [1.165, 1.54) is 34.5 Å². The molecular weight excluding hydrogens is 499 g/mol. The molecule has 0 atom stereocenters. The highest BCUT2D eigenvalue weighted by atomic mass is 31.2. The topological polar surface area (TPSA) is 128 Å². The van der Waals surface area contributed by atoms with Gasteiger partial charge in [-0.15, -0.1) is 0 Å². The van der Waals surface area contributed by atoms with Gasteiger partial charge >= 0.3 is 7.82 Å². The molecule has 0 radical (unpaired) electrons. The molecule has 0 aliphatic heterocycles. The van der Waals surface area contributed by atoms with Gasteiger partial charge in [-0.25, -0.2) is 4.57 Å². The molecule has 0 unspecified atom stereocenters. The minimum atomic E-state index is -4.71. The Morgan fingerprint density at radius 3 is 1.46 bits per heavy atom. The van der Waals surface area contributed by atoms with Crippen molar-refractivity contribution < 1.29 is 37.8 Å². The van der Waals surface area contributed by atoms with Gasteiger partial charge in [0.25, 0.3) is 0 Å². The minimum absolute atomic E-state index is 0.0575. The van der Waals surface area contributed by atoms with Gasteiger partial charge < -0.3 is 34.1 Å². The van der Waals surface area contributed by atoms with E-state index in [4.69, 9.17) is 28.7 Å². The molecule has 2 aromatic carbocycles. The summed E-state index contributed by atoms with van der Waals surface area (Å²) in [5.74, 6) is 1.66. The number of ether oxygens (including phenoxy) is 4. The van der Waals surface area contributed by atoms with Crippen LogP contribution in [0.15, 0.2) is 30.3 Å². The molecule has 0 aromatic heterocycles. The smallest absolute Gasteiger partial charge is 0.493 e. The van der Waals surface area contributed by atoms with Gasteiger partial charge in [0.2, 0.25) is 5.75 Å². The fourth-order valence-electron chi connectivity index (χ4n) is 2.89. The number of rotatable bonds is 12. The van der Waals surface area contributed by atoms with E-state index in [0.717, 1.165) is 31.7 Å². The second kappa shape index (κ2) is 19.4. The summed E-state index contributed by atoms with van der Waals surface area (Å²) in [6.07, 6.45) is 3.53. The van der Waals surface area contributed by atoms with Crippen LogP contribution in [0.2, 0.25) is 0 Å². The normalized spacial score (nSPS) is 10.5. The maximum absolute atomic E-state index is 11.1. The van der Waals surface area contributed by atoms with Crippen molar-refractivity contribution in [2.75, 3.05) is 54.6 Å². The van der Waals surface area contributed by atoms with Gasteiger partial charge in [0.1, 0.15) is 0 Å². The summed E-state index contributed by atoms with van der Waals surface area (Å²) in [5.41, 5.74) is 1.42. The molecule has 0 saturated heterocycles. The third-order valence-electron chi connectivity index (χ3n) is 4.56.